The quantitative estimate of drug-likeness (QED) is 0.518. The summed E-state index contributed by atoms with van der Waals surface area (Å²) in [4.78, 5) is 15.5. The van der Waals surface area contributed by atoms with Gasteiger partial charge >= 0.3 is 0 Å². The number of nitrogens with zero attached hydrogens (tertiary/aromatic N) is 1. The summed E-state index contributed by atoms with van der Waals surface area (Å²) in [5.41, 5.74) is 2.77. The molecule has 0 spiro atoms. The first-order valence-corrected chi connectivity index (χ1v) is 11.2. The van der Waals surface area contributed by atoms with Crippen molar-refractivity contribution in [3.8, 4) is 5.75 Å². The Hall–Kier alpha value is -2.31. The lowest BCUT2D eigenvalue weighted by atomic mass is 10.0. The highest BCUT2D eigenvalue weighted by Crippen LogP contribution is 2.29. The largest absolute Gasteiger partial charge is 0.497 e. The zero-order chi connectivity index (χ0) is 21.1. The lowest BCUT2D eigenvalue weighted by molar-refractivity contribution is 0.0898. The number of piperidine rings is 1. The number of likely N-dealkylation sites (tertiary alicyclic amines) is 1. The van der Waals surface area contributed by atoms with Crippen molar-refractivity contribution >= 4 is 32.8 Å². The molecule has 1 N–H and O–H groups in total. The molecule has 0 radical (unpaired) electrons. The van der Waals surface area contributed by atoms with Crippen LogP contribution in [0.1, 0.15) is 47.0 Å². The summed E-state index contributed by atoms with van der Waals surface area (Å²) in [7, 11) is 1.67. The van der Waals surface area contributed by atoms with Gasteiger partial charge in [0.1, 0.15) is 11.3 Å². The van der Waals surface area contributed by atoms with Crippen molar-refractivity contribution in [3.05, 3.63) is 63.8 Å². The molecule has 2 aromatic carbocycles. The van der Waals surface area contributed by atoms with E-state index in [1.54, 1.807) is 7.11 Å². The number of hydrogen-bond acceptors (Lipinski definition) is 4. The summed E-state index contributed by atoms with van der Waals surface area (Å²) >= 11 is 3.49. The van der Waals surface area contributed by atoms with Crippen LogP contribution in [0.2, 0.25) is 0 Å². The number of methoxy groups -OCH3 is 1. The van der Waals surface area contributed by atoms with Gasteiger partial charge in [-0.15, -0.1) is 0 Å². The van der Waals surface area contributed by atoms with Crippen molar-refractivity contribution < 1.29 is 13.9 Å². The maximum atomic E-state index is 13.0. The van der Waals surface area contributed by atoms with Gasteiger partial charge in [0.15, 0.2) is 5.76 Å². The third-order valence-corrected chi connectivity index (χ3v) is 6.39. The highest BCUT2D eigenvalue weighted by Gasteiger charge is 2.25. The predicted molar refractivity (Wildman–Crippen MR) is 122 cm³/mol. The first-order chi connectivity index (χ1) is 14.6. The molecule has 0 bridgehead atoms. The summed E-state index contributed by atoms with van der Waals surface area (Å²) in [6, 6.07) is 14.1. The van der Waals surface area contributed by atoms with Crippen LogP contribution in [0.4, 0.5) is 0 Å². The van der Waals surface area contributed by atoms with Crippen molar-refractivity contribution in [3.63, 3.8) is 0 Å². The van der Waals surface area contributed by atoms with Crippen LogP contribution in [0, 0.1) is 6.92 Å². The molecule has 0 aliphatic carbocycles. The second-order valence-electron chi connectivity index (χ2n) is 7.79. The van der Waals surface area contributed by atoms with E-state index >= 15 is 0 Å². The van der Waals surface area contributed by atoms with Gasteiger partial charge in [-0.1, -0.05) is 34.5 Å². The number of carbonyl (C=O) groups excluding carboxylic acids is 1. The monoisotopic (exact) mass is 470 g/mol. The van der Waals surface area contributed by atoms with Crippen molar-refractivity contribution in [1.82, 2.24) is 10.2 Å². The van der Waals surface area contributed by atoms with Crippen LogP contribution in [-0.4, -0.2) is 37.6 Å². The van der Waals surface area contributed by atoms with Gasteiger partial charge < -0.3 is 14.5 Å². The second-order valence-corrected chi connectivity index (χ2v) is 8.71. The van der Waals surface area contributed by atoms with Crippen molar-refractivity contribution in [2.24, 2.45) is 0 Å². The van der Waals surface area contributed by atoms with Crippen molar-refractivity contribution in [2.45, 2.75) is 32.2 Å². The Morgan fingerprint density at radius 3 is 2.60 bits per heavy atom. The van der Waals surface area contributed by atoms with Gasteiger partial charge in [-0.25, -0.2) is 0 Å². The van der Waals surface area contributed by atoms with Crippen LogP contribution in [0.15, 0.2) is 51.4 Å². The van der Waals surface area contributed by atoms with E-state index < -0.39 is 0 Å². The van der Waals surface area contributed by atoms with Crippen molar-refractivity contribution in [1.29, 1.82) is 0 Å². The predicted octanol–water partition coefficient (Wildman–Crippen LogP) is 5.47. The molecule has 158 valence electrons. The normalized spacial score (nSPS) is 15.8. The Morgan fingerprint density at radius 2 is 1.90 bits per heavy atom. The van der Waals surface area contributed by atoms with E-state index in [0.29, 0.717) is 12.3 Å². The SMILES string of the molecule is COc1ccc([C@@H](CNC(=O)c2oc3ccc(Br)cc3c2C)N2CCCCC2)cc1. The van der Waals surface area contributed by atoms with Crippen LogP contribution < -0.4 is 10.1 Å². The van der Waals surface area contributed by atoms with Crippen LogP contribution in [-0.2, 0) is 0 Å². The number of nitrogens with one attached hydrogen (secondary N) is 1. The summed E-state index contributed by atoms with van der Waals surface area (Å²) in [5, 5.41) is 4.08. The molecule has 30 heavy (non-hydrogen) atoms. The molecule has 2 heterocycles. The van der Waals surface area contributed by atoms with E-state index in [0.717, 1.165) is 39.8 Å². The Balaban J connectivity index is 1.54. The average molecular weight is 471 g/mol. The molecule has 1 saturated heterocycles. The number of furan rings is 1. The molecule has 1 fully saturated rings. The first-order valence-electron chi connectivity index (χ1n) is 10.4. The molecule has 4 rings (SSSR count). The van der Waals surface area contributed by atoms with Gasteiger partial charge in [0, 0.05) is 22.0 Å². The Labute approximate surface area is 185 Å². The first kappa shape index (κ1) is 20.9. The molecule has 0 unspecified atom stereocenters. The summed E-state index contributed by atoms with van der Waals surface area (Å²) < 4.78 is 12.1. The minimum Gasteiger partial charge on any atom is -0.497 e. The maximum Gasteiger partial charge on any atom is 0.287 e. The summed E-state index contributed by atoms with van der Waals surface area (Å²) in [5.74, 6) is 1.05. The van der Waals surface area contributed by atoms with Gasteiger partial charge in [0.2, 0.25) is 0 Å². The van der Waals surface area contributed by atoms with Crippen LogP contribution >= 0.6 is 15.9 Å². The van der Waals surface area contributed by atoms with Gasteiger partial charge in [0.25, 0.3) is 5.91 Å². The van der Waals surface area contributed by atoms with E-state index in [-0.39, 0.29) is 11.9 Å². The summed E-state index contributed by atoms with van der Waals surface area (Å²) in [6.07, 6.45) is 3.66. The Bertz CT molecular complexity index is 1020. The number of hydrogen-bond donors (Lipinski definition) is 1. The minimum absolute atomic E-state index is 0.124. The molecule has 1 aliphatic rings. The van der Waals surface area contributed by atoms with Gasteiger partial charge in [-0.3, -0.25) is 9.69 Å². The van der Waals surface area contributed by atoms with E-state index in [1.807, 2.05) is 37.3 Å². The highest BCUT2D eigenvalue weighted by molar-refractivity contribution is 9.10. The van der Waals surface area contributed by atoms with Gasteiger partial charge in [-0.05, 0) is 68.8 Å². The lowest BCUT2D eigenvalue weighted by Gasteiger charge is -2.35. The smallest absolute Gasteiger partial charge is 0.287 e. The number of fused-ring (bicyclic) bond motifs is 1. The fourth-order valence-corrected chi connectivity index (χ4v) is 4.55. The summed E-state index contributed by atoms with van der Waals surface area (Å²) in [6.45, 7) is 4.55. The zero-order valence-corrected chi connectivity index (χ0v) is 19.0. The number of amides is 1. The molecule has 1 atom stereocenters. The Morgan fingerprint density at radius 1 is 1.17 bits per heavy atom. The third kappa shape index (κ3) is 4.40. The third-order valence-electron chi connectivity index (χ3n) is 5.89. The van der Waals surface area contributed by atoms with E-state index in [4.69, 9.17) is 9.15 Å². The lowest BCUT2D eigenvalue weighted by Crippen LogP contribution is -2.40. The number of rotatable bonds is 6. The molecule has 3 aromatic rings. The molecule has 0 saturated carbocycles. The minimum atomic E-state index is -0.171. The van der Waals surface area contributed by atoms with Crippen LogP contribution in [0.25, 0.3) is 11.0 Å². The highest BCUT2D eigenvalue weighted by atomic mass is 79.9. The Kier molecular flexibility index (Phi) is 6.44. The second kappa shape index (κ2) is 9.23. The fourth-order valence-electron chi connectivity index (χ4n) is 4.19. The van der Waals surface area contributed by atoms with Gasteiger partial charge in [0.05, 0.1) is 13.2 Å². The topological polar surface area (TPSA) is 54.7 Å². The molecular formula is C24H27BrN2O3. The zero-order valence-electron chi connectivity index (χ0n) is 17.4. The van der Waals surface area contributed by atoms with E-state index in [2.05, 4.69) is 38.3 Å². The fraction of sp³-hybridized carbons (Fsp3) is 0.375. The molecule has 1 amide bonds. The average Bonchev–Trinajstić information content (AvgIpc) is 3.11. The van der Waals surface area contributed by atoms with E-state index in [9.17, 15) is 4.79 Å². The number of halogens is 1. The molecule has 1 aliphatic heterocycles. The van der Waals surface area contributed by atoms with Gasteiger partial charge in [-0.2, -0.15) is 0 Å². The molecule has 5 nitrogen and oxygen atoms in total. The maximum absolute atomic E-state index is 13.0. The molecule has 6 heteroatoms. The number of carbonyl (C=O) groups is 1. The molecule has 1 aromatic heterocycles. The van der Waals surface area contributed by atoms with E-state index in [1.165, 1.54) is 24.8 Å². The number of ether oxygens (including phenoxy) is 1. The van der Waals surface area contributed by atoms with Crippen molar-refractivity contribution in [2.75, 3.05) is 26.7 Å². The van der Waals surface area contributed by atoms with Crippen LogP contribution in [0.3, 0.4) is 0 Å². The number of benzene rings is 2. The van der Waals surface area contributed by atoms with Crippen LogP contribution in [0.5, 0.6) is 5.75 Å². The molecular weight excluding hydrogens is 444 g/mol. The number of aryl methyl sites for hydroxylation is 1. The standard InChI is InChI=1S/C24H27BrN2O3/c1-16-20-14-18(25)8-11-22(20)30-23(16)24(28)26-15-21(27-12-4-3-5-13-27)17-6-9-19(29-2)10-7-17/h6-11,14,21H,3-5,12-13,15H2,1-2H3,(H,26,28)/t21-/m1/s1.